The molecule has 0 saturated carbocycles. The van der Waals surface area contributed by atoms with Crippen molar-refractivity contribution in [2.45, 2.75) is 6.92 Å². The van der Waals surface area contributed by atoms with E-state index in [0.29, 0.717) is 0 Å². The number of hydrogen-bond acceptors (Lipinski definition) is 1. The van der Waals surface area contributed by atoms with Crippen LogP contribution in [-0.4, -0.2) is 16.7 Å². The molecule has 0 amide bonds. The van der Waals surface area contributed by atoms with Crippen molar-refractivity contribution >= 4 is 34.2 Å². The lowest BCUT2D eigenvalue weighted by atomic mass is 10.2. The highest BCUT2D eigenvalue weighted by Gasteiger charge is 2.00. The second kappa shape index (κ2) is 6.28. The first-order valence-corrected chi connectivity index (χ1v) is 5.43. The summed E-state index contributed by atoms with van der Waals surface area (Å²) in [5, 5.41) is 10.2. The van der Waals surface area contributed by atoms with E-state index < -0.39 is 0 Å². The topological polar surface area (TPSA) is 36.0 Å². The van der Waals surface area contributed by atoms with Crippen molar-refractivity contribution < 1.29 is 5.11 Å². The monoisotopic (exact) mass is 249 g/mol. The van der Waals surface area contributed by atoms with E-state index in [4.69, 9.17) is 5.11 Å². The number of para-hydroxylation sites is 2. The number of aliphatic hydroxyl groups is 1. The summed E-state index contributed by atoms with van der Waals surface area (Å²) >= 11 is 0. The molecule has 17 heavy (non-hydrogen) atoms. The molecule has 0 aliphatic rings. The fraction of sp³-hybridized carbons (Fsp3) is 0.143. The molecule has 0 aliphatic carbocycles. The number of halogens is 1. The van der Waals surface area contributed by atoms with Gasteiger partial charge in [-0.25, -0.2) is 0 Å². The molecule has 3 heteroatoms. The van der Waals surface area contributed by atoms with Crippen LogP contribution in [0.1, 0.15) is 6.92 Å². The number of H-pyrrole nitrogens is 1. The van der Waals surface area contributed by atoms with Crippen molar-refractivity contribution in [2.24, 2.45) is 0 Å². The van der Waals surface area contributed by atoms with Gasteiger partial charge in [-0.1, -0.05) is 36.4 Å². The lowest BCUT2D eigenvalue weighted by molar-refractivity contribution is 0.318. The Kier molecular flexibility index (Phi) is 5.01. The number of aliphatic hydroxyl groups excluding tert-OH is 1. The smallest absolute Gasteiger partial charge is 0.0464 e. The van der Waals surface area contributed by atoms with Crippen molar-refractivity contribution in [2.75, 3.05) is 6.61 Å². The van der Waals surface area contributed by atoms with Gasteiger partial charge in [-0.05, 0) is 19.1 Å². The molecule has 0 radical (unpaired) electrons. The molecule has 0 fully saturated rings. The van der Waals surface area contributed by atoms with Crippen molar-refractivity contribution in [1.29, 1.82) is 0 Å². The van der Waals surface area contributed by atoms with Gasteiger partial charge in [0, 0.05) is 28.4 Å². The lowest BCUT2D eigenvalue weighted by Gasteiger charge is -1.87. The molecular formula is C14H16ClNO. The van der Waals surface area contributed by atoms with E-state index in [1.807, 2.05) is 0 Å². The molecule has 2 N–H and O–H groups in total. The van der Waals surface area contributed by atoms with Crippen LogP contribution in [0.5, 0.6) is 0 Å². The Bertz CT molecular complexity index is 538. The zero-order valence-corrected chi connectivity index (χ0v) is 10.5. The van der Waals surface area contributed by atoms with Gasteiger partial charge in [0.2, 0.25) is 0 Å². The van der Waals surface area contributed by atoms with Crippen LogP contribution in [0.25, 0.3) is 21.8 Å². The van der Waals surface area contributed by atoms with Gasteiger partial charge in [-0.2, -0.15) is 0 Å². The highest BCUT2D eigenvalue weighted by Crippen LogP contribution is 2.24. The van der Waals surface area contributed by atoms with E-state index in [0.717, 1.165) is 0 Å². The van der Waals surface area contributed by atoms with Crippen LogP contribution in [0, 0.1) is 0 Å². The standard InChI is InChI=1S/C12H9N.C2H6O.ClH/c1-3-7-11-9(5-1)10-6-2-4-8-12(10)13-11;1-2-3;/h1-8,13H;3H,2H2,1H3;1H. The maximum absolute atomic E-state index is 7.57. The molecule has 90 valence electrons. The van der Waals surface area contributed by atoms with Crippen LogP contribution < -0.4 is 0 Å². The van der Waals surface area contributed by atoms with E-state index in [1.165, 1.54) is 21.8 Å². The largest absolute Gasteiger partial charge is 0.397 e. The van der Waals surface area contributed by atoms with Gasteiger partial charge in [0.15, 0.2) is 0 Å². The summed E-state index contributed by atoms with van der Waals surface area (Å²) in [7, 11) is 0. The summed E-state index contributed by atoms with van der Waals surface area (Å²) in [6.07, 6.45) is 0. The third kappa shape index (κ3) is 2.78. The number of fused-ring (bicyclic) bond motifs is 3. The van der Waals surface area contributed by atoms with Gasteiger partial charge in [0.1, 0.15) is 0 Å². The summed E-state index contributed by atoms with van der Waals surface area (Å²) in [5.74, 6) is 0. The first-order chi connectivity index (χ1) is 7.86. The Morgan fingerprint density at radius 1 is 0.882 bits per heavy atom. The number of aromatic amines is 1. The van der Waals surface area contributed by atoms with Gasteiger partial charge >= 0.3 is 0 Å². The molecule has 1 heterocycles. The molecule has 2 aromatic carbocycles. The summed E-state index contributed by atoms with van der Waals surface area (Å²) in [4.78, 5) is 3.38. The molecule has 0 aliphatic heterocycles. The molecule has 0 bridgehead atoms. The van der Waals surface area contributed by atoms with E-state index in [9.17, 15) is 0 Å². The number of rotatable bonds is 0. The molecular weight excluding hydrogens is 234 g/mol. The maximum Gasteiger partial charge on any atom is 0.0464 e. The minimum Gasteiger partial charge on any atom is -0.397 e. The molecule has 1 aromatic heterocycles. The third-order valence-corrected chi connectivity index (χ3v) is 2.41. The zero-order chi connectivity index (χ0) is 11.4. The lowest BCUT2D eigenvalue weighted by Crippen LogP contribution is -1.62. The van der Waals surface area contributed by atoms with Crippen LogP contribution in [0.3, 0.4) is 0 Å². The first-order valence-electron chi connectivity index (χ1n) is 5.43. The van der Waals surface area contributed by atoms with Crippen molar-refractivity contribution in [3.05, 3.63) is 48.5 Å². The van der Waals surface area contributed by atoms with Gasteiger partial charge in [0.25, 0.3) is 0 Å². The Balaban J connectivity index is 0.000000331. The molecule has 3 aromatic rings. The second-order valence-corrected chi connectivity index (χ2v) is 3.53. The predicted octanol–water partition coefficient (Wildman–Crippen LogP) is 3.74. The van der Waals surface area contributed by atoms with E-state index in [2.05, 4.69) is 53.5 Å². The summed E-state index contributed by atoms with van der Waals surface area (Å²) in [6, 6.07) is 16.8. The van der Waals surface area contributed by atoms with Gasteiger partial charge < -0.3 is 10.1 Å². The minimum absolute atomic E-state index is 0. The summed E-state index contributed by atoms with van der Waals surface area (Å²) < 4.78 is 0. The molecule has 0 unspecified atom stereocenters. The molecule has 0 atom stereocenters. The predicted molar refractivity (Wildman–Crippen MR) is 75.8 cm³/mol. The van der Waals surface area contributed by atoms with Gasteiger partial charge in [-0.15, -0.1) is 12.4 Å². The summed E-state index contributed by atoms with van der Waals surface area (Å²) in [5.41, 5.74) is 2.42. The molecule has 0 saturated heterocycles. The Labute approximate surface area is 107 Å². The van der Waals surface area contributed by atoms with E-state index in [-0.39, 0.29) is 19.0 Å². The number of aromatic nitrogens is 1. The van der Waals surface area contributed by atoms with Crippen molar-refractivity contribution in [1.82, 2.24) is 4.98 Å². The fourth-order valence-electron chi connectivity index (χ4n) is 1.80. The average molecular weight is 250 g/mol. The van der Waals surface area contributed by atoms with Crippen molar-refractivity contribution in [3.63, 3.8) is 0 Å². The Morgan fingerprint density at radius 3 is 1.65 bits per heavy atom. The van der Waals surface area contributed by atoms with Crippen LogP contribution in [-0.2, 0) is 0 Å². The zero-order valence-electron chi connectivity index (χ0n) is 9.68. The van der Waals surface area contributed by atoms with Crippen LogP contribution in [0.15, 0.2) is 48.5 Å². The second-order valence-electron chi connectivity index (χ2n) is 3.53. The first kappa shape index (κ1) is 13.6. The third-order valence-electron chi connectivity index (χ3n) is 2.41. The molecule has 0 spiro atoms. The SMILES string of the molecule is CCO.Cl.c1ccc2c(c1)[nH]c1ccccc12. The van der Waals surface area contributed by atoms with Crippen LogP contribution in [0.4, 0.5) is 0 Å². The van der Waals surface area contributed by atoms with Gasteiger partial charge in [-0.3, -0.25) is 0 Å². The maximum atomic E-state index is 7.57. The summed E-state index contributed by atoms with van der Waals surface area (Å²) in [6.45, 7) is 1.93. The average Bonchev–Trinajstić information content (AvgIpc) is 2.68. The number of benzene rings is 2. The Hall–Kier alpha value is -1.51. The number of nitrogens with one attached hydrogen (secondary N) is 1. The van der Waals surface area contributed by atoms with E-state index in [1.54, 1.807) is 6.92 Å². The minimum atomic E-state index is 0. The fourth-order valence-corrected chi connectivity index (χ4v) is 1.80. The quantitative estimate of drug-likeness (QED) is 0.626. The van der Waals surface area contributed by atoms with Crippen LogP contribution >= 0.6 is 12.4 Å². The van der Waals surface area contributed by atoms with Gasteiger partial charge in [0.05, 0.1) is 0 Å². The Morgan fingerprint density at radius 2 is 1.24 bits per heavy atom. The molecule has 2 nitrogen and oxygen atoms in total. The molecule has 3 rings (SSSR count). The normalized spacial score (nSPS) is 9.53. The number of hydrogen-bond donors (Lipinski definition) is 2. The van der Waals surface area contributed by atoms with Crippen molar-refractivity contribution in [3.8, 4) is 0 Å². The highest BCUT2D eigenvalue weighted by atomic mass is 35.5. The van der Waals surface area contributed by atoms with Crippen LogP contribution in [0.2, 0.25) is 0 Å². The highest BCUT2D eigenvalue weighted by molar-refractivity contribution is 6.06. The van der Waals surface area contributed by atoms with E-state index >= 15 is 0 Å².